The van der Waals surface area contributed by atoms with E-state index in [4.69, 9.17) is 0 Å². The zero-order chi connectivity index (χ0) is 19.3. The van der Waals surface area contributed by atoms with E-state index in [1.165, 1.54) is 16.8 Å². The van der Waals surface area contributed by atoms with Crippen molar-refractivity contribution in [1.29, 1.82) is 0 Å². The molecule has 28 heavy (non-hydrogen) atoms. The molecule has 9 heteroatoms. The third-order valence-electron chi connectivity index (χ3n) is 4.45. The van der Waals surface area contributed by atoms with Gasteiger partial charge in [0.05, 0.1) is 22.9 Å². The Morgan fingerprint density at radius 3 is 2.79 bits per heavy atom. The van der Waals surface area contributed by atoms with Gasteiger partial charge in [0.15, 0.2) is 11.5 Å². The Hall–Kier alpha value is -3.88. The van der Waals surface area contributed by atoms with Crippen LogP contribution in [0.1, 0.15) is 11.3 Å². The number of aromatic amines is 2. The average Bonchev–Trinajstić information content (AvgIpc) is 3.22. The van der Waals surface area contributed by atoms with E-state index >= 15 is 0 Å². The summed E-state index contributed by atoms with van der Waals surface area (Å²) in [5.74, 6) is -0.501. The Balaban J connectivity index is 1.70. The molecule has 0 amide bonds. The molecule has 0 spiro atoms. The monoisotopic (exact) mass is 378 g/mol. The normalized spacial score (nSPS) is 11.5. The van der Waals surface area contributed by atoms with Gasteiger partial charge in [0.25, 0.3) is 0 Å². The van der Waals surface area contributed by atoms with Gasteiger partial charge in [-0.05, 0) is 23.8 Å². The molecule has 0 fully saturated rings. The molecule has 0 aliphatic rings. The fraction of sp³-hybridized carbons (Fsp3) is 0.0526. The van der Waals surface area contributed by atoms with Crippen LogP contribution in [0.5, 0.6) is 0 Å². The van der Waals surface area contributed by atoms with Crippen molar-refractivity contribution in [3.05, 3.63) is 82.0 Å². The van der Waals surface area contributed by atoms with E-state index in [1.807, 2.05) is 0 Å². The summed E-state index contributed by atoms with van der Waals surface area (Å²) in [5.41, 5.74) is 2.32. The SMILES string of the molecule is O=c1[nH]c2ccc(-n3nc(Cc4ccccc4F)c4ncc(F)cc43)nc2[nH]1. The van der Waals surface area contributed by atoms with Crippen LogP contribution in [0.3, 0.4) is 0 Å². The first-order chi connectivity index (χ1) is 13.6. The number of nitrogens with one attached hydrogen (secondary N) is 2. The Bertz CT molecular complexity index is 1400. The second kappa shape index (κ2) is 6.08. The standard InChI is InChI=1S/C19H12F2N6O/c20-11-8-15-17(22-9-11)14(7-10-3-1-2-4-12(10)21)26-27(15)16-6-5-13-18(24-16)25-19(28)23-13/h1-6,8-9H,7H2,(H2,23,24,25,28). The smallest absolute Gasteiger partial charge is 0.304 e. The minimum Gasteiger partial charge on any atom is -0.304 e. The first-order valence-corrected chi connectivity index (χ1v) is 8.44. The van der Waals surface area contributed by atoms with Crippen molar-refractivity contribution in [2.24, 2.45) is 0 Å². The van der Waals surface area contributed by atoms with Crippen LogP contribution in [0.15, 0.2) is 53.5 Å². The zero-order valence-electron chi connectivity index (χ0n) is 14.3. The Kier molecular flexibility index (Phi) is 3.54. The quantitative estimate of drug-likeness (QED) is 0.505. The van der Waals surface area contributed by atoms with Gasteiger partial charge in [-0.25, -0.2) is 28.2 Å². The van der Waals surface area contributed by atoms with Gasteiger partial charge in [-0.3, -0.25) is 4.98 Å². The fourth-order valence-electron chi connectivity index (χ4n) is 3.17. The van der Waals surface area contributed by atoms with Crippen LogP contribution in [0.4, 0.5) is 8.78 Å². The maximum atomic E-state index is 14.1. The van der Waals surface area contributed by atoms with Gasteiger partial charge in [0.1, 0.15) is 17.2 Å². The van der Waals surface area contributed by atoms with Gasteiger partial charge in [0, 0.05) is 12.5 Å². The van der Waals surface area contributed by atoms with Crippen LogP contribution < -0.4 is 5.69 Å². The molecule has 0 saturated heterocycles. The average molecular weight is 378 g/mol. The molecule has 5 aromatic rings. The van der Waals surface area contributed by atoms with Crippen LogP contribution in [0.2, 0.25) is 0 Å². The van der Waals surface area contributed by atoms with Crippen LogP contribution in [0.25, 0.3) is 28.0 Å². The second-order valence-corrected chi connectivity index (χ2v) is 6.29. The minimum absolute atomic E-state index is 0.192. The van der Waals surface area contributed by atoms with E-state index < -0.39 is 5.82 Å². The molecule has 0 atom stereocenters. The molecule has 5 rings (SSSR count). The zero-order valence-corrected chi connectivity index (χ0v) is 14.3. The van der Waals surface area contributed by atoms with E-state index in [0.717, 1.165) is 6.20 Å². The van der Waals surface area contributed by atoms with Crippen molar-refractivity contribution in [2.45, 2.75) is 6.42 Å². The van der Waals surface area contributed by atoms with Crippen molar-refractivity contribution in [1.82, 2.24) is 29.7 Å². The maximum Gasteiger partial charge on any atom is 0.325 e. The highest BCUT2D eigenvalue weighted by Crippen LogP contribution is 2.24. The lowest BCUT2D eigenvalue weighted by Gasteiger charge is -2.02. The molecule has 0 bridgehead atoms. The lowest BCUT2D eigenvalue weighted by molar-refractivity contribution is 0.613. The van der Waals surface area contributed by atoms with E-state index in [2.05, 4.69) is 25.0 Å². The molecular formula is C19H12F2N6O. The first kappa shape index (κ1) is 16.3. The highest BCUT2D eigenvalue weighted by Gasteiger charge is 2.17. The van der Waals surface area contributed by atoms with Gasteiger partial charge in [-0.15, -0.1) is 0 Å². The van der Waals surface area contributed by atoms with Crippen molar-refractivity contribution in [2.75, 3.05) is 0 Å². The number of H-pyrrole nitrogens is 2. The molecule has 4 heterocycles. The maximum absolute atomic E-state index is 14.1. The molecule has 138 valence electrons. The van der Waals surface area contributed by atoms with E-state index in [-0.39, 0.29) is 17.9 Å². The molecule has 4 aromatic heterocycles. The highest BCUT2D eigenvalue weighted by atomic mass is 19.1. The number of hydrogen-bond donors (Lipinski definition) is 2. The van der Waals surface area contributed by atoms with Crippen LogP contribution in [-0.4, -0.2) is 29.7 Å². The van der Waals surface area contributed by atoms with E-state index in [1.54, 1.807) is 30.3 Å². The lowest BCUT2D eigenvalue weighted by atomic mass is 10.1. The summed E-state index contributed by atoms with van der Waals surface area (Å²) in [4.78, 5) is 25.2. The Morgan fingerprint density at radius 2 is 1.93 bits per heavy atom. The van der Waals surface area contributed by atoms with E-state index in [0.29, 0.717) is 39.3 Å². The molecule has 2 N–H and O–H groups in total. The lowest BCUT2D eigenvalue weighted by Crippen LogP contribution is -2.02. The van der Waals surface area contributed by atoms with Crippen molar-refractivity contribution in [3.8, 4) is 5.82 Å². The third-order valence-corrected chi connectivity index (χ3v) is 4.45. The highest BCUT2D eigenvalue weighted by molar-refractivity contribution is 5.80. The third kappa shape index (κ3) is 2.64. The summed E-state index contributed by atoms with van der Waals surface area (Å²) in [6, 6.07) is 11.0. The number of nitrogens with zero attached hydrogens (tertiary/aromatic N) is 4. The van der Waals surface area contributed by atoms with Crippen LogP contribution >= 0.6 is 0 Å². The molecule has 0 aliphatic heterocycles. The van der Waals surface area contributed by atoms with Crippen molar-refractivity contribution in [3.63, 3.8) is 0 Å². The molecule has 1 aromatic carbocycles. The number of hydrogen-bond acceptors (Lipinski definition) is 4. The predicted molar refractivity (Wildman–Crippen MR) is 98.3 cm³/mol. The number of rotatable bonds is 3. The number of halogens is 2. The summed E-state index contributed by atoms with van der Waals surface area (Å²) in [7, 11) is 0. The summed E-state index contributed by atoms with van der Waals surface area (Å²) in [6.45, 7) is 0. The molecule has 0 unspecified atom stereocenters. The minimum atomic E-state index is -0.526. The molecule has 7 nitrogen and oxygen atoms in total. The summed E-state index contributed by atoms with van der Waals surface area (Å²) in [5, 5.41) is 4.51. The number of imidazole rings is 1. The fourth-order valence-corrected chi connectivity index (χ4v) is 3.17. The van der Waals surface area contributed by atoms with Crippen LogP contribution in [-0.2, 0) is 6.42 Å². The number of pyridine rings is 2. The van der Waals surface area contributed by atoms with Gasteiger partial charge < -0.3 is 4.98 Å². The van der Waals surface area contributed by atoms with Gasteiger partial charge in [-0.1, -0.05) is 18.2 Å². The Morgan fingerprint density at radius 1 is 1.07 bits per heavy atom. The molecule has 0 radical (unpaired) electrons. The summed E-state index contributed by atoms with van der Waals surface area (Å²) in [6.07, 6.45) is 1.29. The van der Waals surface area contributed by atoms with Crippen LogP contribution in [0, 0.1) is 11.6 Å². The number of benzene rings is 1. The van der Waals surface area contributed by atoms with Gasteiger partial charge in [-0.2, -0.15) is 5.10 Å². The predicted octanol–water partition coefficient (Wildman–Crippen LogP) is 2.85. The second-order valence-electron chi connectivity index (χ2n) is 6.29. The molecule has 0 saturated carbocycles. The number of fused-ring (bicyclic) bond motifs is 2. The van der Waals surface area contributed by atoms with Gasteiger partial charge >= 0.3 is 5.69 Å². The van der Waals surface area contributed by atoms with E-state index in [9.17, 15) is 13.6 Å². The molecule has 0 aliphatic carbocycles. The summed E-state index contributed by atoms with van der Waals surface area (Å²) >= 11 is 0. The summed E-state index contributed by atoms with van der Waals surface area (Å²) < 4.78 is 29.4. The van der Waals surface area contributed by atoms with Crippen molar-refractivity contribution >= 4 is 22.2 Å². The molecular weight excluding hydrogens is 366 g/mol. The number of aromatic nitrogens is 6. The largest absolute Gasteiger partial charge is 0.325 e. The van der Waals surface area contributed by atoms with Gasteiger partial charge in [0.2, 0.25) is 0 Å². The first-order valence-electron chi connectivity index (χ1n) is 8.44. The topological polar surface area (TPSA) is 92.2 Å². The van der Waals surface area contributed by atoms with Crippen molar-refractivity contribution < 1.29 is 8.78 Å². The Labute approximate surface area is 155 Å².